The Kier molecular flexibility index (Phi) is 12.1. The highest BCUT2D eigenvalue weighted by Crippen LogP contribution is 2.34. The zero-order valence-electron chi connectivity index (χ0n) is 39.9. The quantitative estimate of drug-likeness (QED) is 0.105. The summed E-state index contributed by atoms with van der Waals surface area (Å²) in [7, 11) is 0. The Balaban J connectivity index is 0.000000163. The molecule has 0 amide bonds. The zero-order valence-corrected chi connectivity index (χ0v) is 39.9. The van der Waals surface area contributed by atoms with Gasteiger partial charge < -0.3 is 0 Å². The molecule has 13 aromatic rings. The molecule has 0 N–H and O–H groups in total. The molecule has 13 aromatic carbocycles. The predicted octanol–water partition coefficient (Wildman–Crippen LogP) is 20.1. The lowest BCUT2D eigenvalue weighted by atomic mass is 9.95. The normalized spacial score (nSPS) is 11.7. The van der Waals surface area contributed by atoms with Crippen molar-refractivity contribution < 1.29 is 0 Å². The summed E-state index contributed by atoms with van der Waals surface area (Å²) in [5.41, 5.74) is 12.3. The molecule has 0 saturated carbocycles. The molecule has 0 nitrogen and oxygen atoms in total. The molecule has 0 radical (unpaired) electrons. The minimum Gasteiger partial charge on any atom is -0.0622 e. The van der Waals surface area contributed by atoms with Gasteiger partial charge in [-0.1, -0.05) is 285 Å². The molecule has 0 saturated heterocycles. The Morgan fingerprint density at radius 2 is 0.486 bits per heavy atom. The van der Waals surface area contributed by atoms with E-state index in [0.717, 1.165) is 0 Å². The Labute approximate surface area is 421 Å². The van der Waals surface area contributed by atoms with Gasteiger partial charge >= 0.3 is 0 Å². The van der Waals surface area contributed by atoms with E-state index < -0.39 is 0 Å². The first-order valence-electron chi connectivity index (χ1n) is 24.8. The van der Waals surface area contributed by atoms with E-state index in [2.05, 4.69) is 303 Å². The number of benzene rings is 13. The second kappa shape index (κ2) is 19.9. The summed E-state index contributed by atoms with van der Waals surface area (Å²) in [6, 6.07) is 95.6. The first kappa shape index (κ1) is 43.9. The first-order chi connectivity index (χ1) is 35.7. The fourth-order valence-corrected chi connectivity index (χ4v) is 10.3. The van der Waals surface area contributed by atoms with Crippen LogP contribution in [-0.4, -0.2) is 0 Å². The van der Waals surface area contributed by atoms with E-state index in [4.69, 9.17) is 0 Å². The Bertz CT molecular complexity index is 4000. The highest BCUT2D eigenvalue weighted by atomic mass is 14.1. The van der Waals surface area contributed by atoms with Crippen molar-refractivity contribution in [1.82, 2.24) is 0 Å². The van der Waals surface area contributed by atoms with Gasteiger partial charge in [0.15, 0.2) is 0 Å². The molecule has 338 valence electrons. The zero-order chi connectivity index (χ0) is 48.1. The minimum absolute atomic E-state index is 1.19. The van der Waals surface area contributed by atoms with Crippen molar-refractivity contribution in [2.75, 3.05) is 0 Å². The maximum atomic E-state index is 2.29. The summed E-state index contributed by atoms with van der Waals surface area (Å²) >= 11 is 0. The van der Waals surface area contributed by atoms with Gasteiger partial charge in [0.1, 0.15) is 0 Å². The van der Waals surface area contributed by atoms with Crippen LogP contribution in [0.1, 0.15) is 33.4 Å². The highest BCUT2D eigenvalue weighted by molar-refractivity contribution is 6.13. The molecule has 0 fully saturated rings. The van der Waals surface area contributed by atoms with Gasteiger partial charge in [-0.15, -0.1) is 0 Å². The molecule has 0 aliphatic carbocycles. The van der Waals surface area contributed by atoms with Crippen molar-refractivity contribution in [2.45, 2.75) is 0 Å². The SMILES string of the molecule is C(=Cc1cc2ccccc2c2ccccc12)c1ccc(-c2ccc(C=Cc3cc4ccccc4c4ccccc34)cc2)cc1.C(=Cc1cc2ccccc2c2ccccc12)c1ccccc1-c1ccccc1. The van der Waals surface area contributed by atoms with Gasteiger partial charge in [0.25, 0.3) is 0 Å². The van der Waals surface area contributed by atoms with Crippen molar-refractivity contribution in [2.24, 2.45) is 0 Å². The number of hydrogen-bond acceptors (Lipinski definition) is 0. The molecular formula is C72H50. The highest BCUT2D eigenvalue weighted by Gasteiger charge is 2.08. The molecule has 72 heavy (non-hydrogen) atoms. The average molecular weight is 915 g/mol. The topological polar surface area (TPSA) is 0 Å². The van der Waals surface area contributed by atoms with E-state index in [9.17, 15) is 0 Å². The summed E-state index contributed by atoms with van der Waals surface area (Å²) in [5.74, 6) is 0. The summed E-state index contributed by atoms with van der Waals surface area (Å²) in [6.45, 7) is 0. The maximum absolute atomic E-state index is 2.29. The van der Waals surface area contributed by atoms with Gasteiger partial charge in [0, 0.05) is 0 Å². The van der Waals surface area contributed by atoms with Gasteiger partial charge in [0.2, 0.25) is 0 Å². The van der Waals surface area contributed by atoms with Crippen molar-refractivity contribution in [3.8, 4) is 22.3 Å². The van der Waals surface area contributed by atoms with Gasteiger partial charge in [-0.25, -0.2) is 0 Å². The van der Waals surface area contributed by atoms with Gasteiger partial charge in [-0.3, -0.25) is 0 Å². The summed E-state index contributed by atoms with van der Waals surface area (Å²) in [6.07, 6.45) is 13.4. The van der Waals surface area contributed by atoms with E-state index in [1.54, 1.807) is 0 Å². The molecule has 0 bridgehead atoms. The minimum atomic E-state index is 1.19. The van der Waals surface area contributed by atoms with E-state index in [1.165, 1.54) is 120 Å². The largest absolute Gasteiger partial charge is 0.0622 e. The van der Waals surface area contributed by atoms with Crippen LogP contribution in [-0.2, 0) is 0 Å². The Morgan fingerprint density at radius 1 is 0.181 bits per heavy atom. The Hall–Kier alpha value is -9.36. The van der Waals surface area contributed by atoms with Crippen LogP contribution in [0, 0.1) is 0 Å². The third-order valence-electron chi connectivity index (χ3n) is 14.0. The van der Waals surface area contributed by atoms with Gasteiger partial charge in [-0.05, 0) is 138 Å². The molecule has 0 aromatic heterocycles. The molecule has 0 aliphatic heterocycles. The van der Waals surface area contributed by atoms with Crippen molar-refractivity contribution >= 4 is 101 Å². The number of fused-ring (bicyclic) bond motifs is 9. The molecule has 0 heteroatoms. The van der Waals surface area contributed by atoms with Crippen LogP contribution in [0.25, 0.3) is 123 Å². The fourth-order valence-electron chi connectivity index (χ4n) is 10.3. The molecular weight excluding hydrogens is 865 g/mol. The van der Waals surface area contributed by atoms with Crippen LogP contribution in [0.5, 0.6) is 0 Å². The lowest BCUT2D eigenvalue weighted by Crippen LogP contribution is -1.84. The number of hydrogen-bond donors (Lipinski definition) is 0. The summed E-state index contributed by atoms with van der Waals surface area (Å²) < 4.78 is 0. The molecule has 0 unspecified atom stereocenters. The van der Waals surface area contributed by atoms with Crippen molar-refractivity contribution in [1.29, 1.82) is 0 Å². The summed E-state index contributed by atoms with van der Waals surface area (Å²) in [4.78, 5) is 0. The molecule has 0 aliphatic rings. The fraction of sp³-hybridized carbons (Fsp3) is 0. The van der Waals surface area contributed by atoms with Crippen LogP contribution in [0.3, 0.4) is 0 Å². The van der Waals surface area contributed by atoms with Crippen LogP contribution in [0.2, 0.25) is 0 Å². The monoisotopic (exact) mass is 914 g/mol. The molecule has 0 atom stereocenters. The second-order valence-electron chi connectivity index (χ2n) is 18.4. The lowest BCUT2D eigenvalue weighted by Gasteiger charge is -2.09. The summed E-state index contributed by atoms with van der Waals surface area (Å²) in [5, 5.41) is 15.5. The van der Waals surface area contributed by atoms with Gasteiger partial charge in [-0.2, -0.15) is 0 Å². The smallest absolute Gasteiger partial charge is 0.00994 e. The average Bonchev–Trinajstić information content (AvgIpc) is 3.46. The maximum Gasteiger partial charge on any atom is -0.00994 e. The van der Waals surface area contributed by atoms with E-state index in [1.807, 2.05) is 0 Å². The molecule has 13 rings (SSSR count). The lowest BCUT2D eigenvalue weighted by molar-refractivity contribution is 1.59. The third-order valence-corrected chi connectivity index (χ3v) is 14.0. The molecule has 0 spiro atoms. The number of rotatable bonds is 8. The first-order valence-corrected chi connectivity index (χ1v) is 24.8. The van der Waals surface area contributed by atoms with Crippen LogP contribution < -0.4 is 0 Å². The second-order valence-corrected chi connectivity index (χ2v) is 18.4. The van der Waals surface area contributed by atoms with Gasteiger partial charge in [0.05, 0.1) is 0 Å². The van der Waals surface area contributed by atoms with Crippen molar-refractivity contribution in [3.63, 3.8) is 0 Å². The van der Waals surface area contributed by atoms with Crippen LogP contribution >= 0.6 is 0 Å². The Morgan fingerprint density at radius 3 is 0.903 bits per heavy atom. The molecule has 0 heterocycles. The van der Waals surface area contributed by atoms with E-state index >= 15 is 0 Å². The predicted molar refractivity (Wildman–Crippen MR) is 315 cm³/mol. The van der Waals surface area contributed by atoms with E-state index in [-0.39, 0.29) is 0 Å². The van der Waals surface area contributed by atoms with Crippen LogP contribution in [0.15, 0.2) is 267 Å². The third kappa shape index (κ3) is 9.02. The van der Waals surface area contributed by atoms with Crippen molar-refractivity contribution in [3.05, 3.63) is 300 Å². The van der Waals surface area contributed by atoms with E-state index in [0.29, 0.717) is 0 Å². The standard InChI is InChI=1S/C44H30.C28H20/c1-3-11-39-35(9-1)29-37(41-13-5-7-15-43(39)41)27-21-31-17-23-33(24-18-31)34-25-19-32(20-26-34)22-28-38-30-36-10-2-4-12-40(36)44-16-8-6-14-42(38)44;1-2-10-21(11-3-1)25-14-6-4-12-22(25)18-19-24-20-23-13-5-7-15-26(23)28-17-9-8-16-27(24)28/h1-30H;1-20H. The van der Waals surface area contributed by atoms with Crippen LogP contribution in [0.4, 0.5) is 0 Å².